The zero-order valence-corrected chi connectivity index (χ0v) is 13.5. The summed E-state index contributed by atoms with van der Waals surface area (Å²) < 4.78 is 27.5. The molecule has 2 rings (SSSR count). The number of nitrogens with zero attached hydrogens (tertiary/aromatic N) is 1. The van der Waals surface area contributed by atoms with Crippen LogP contribution in [0.1, 0.15) is 32.3 Å². The van der Waals surface area contributed by atoms with Gasteiger partial charge < -0.3 is 9.94 Å². The van der Waals surface area contributed by atoms with E-state index in [1.807, 2.05) is 6.92 Å². The van der Waals surface area contributed by atoms with E-state index >= 15 is 0 Å². The molecular weight excluding hydrogens is 304 g/mol. The van der Waals surface area contributed by atoms with Gasteiger partial charge in [-0.25, -0.2) is 8.78 Å². The molecule has 0 atom stereocenters. The van der Waals surface area contributed by atoms with Crippen molar-refractivity contribution in [3.8, 4) is 0 Å². The Kier molecular flexibility index (Phi) is 5.16. The lowest BCUT2D eigenvalue weighted by Crippen LogP contribution is -2.39. The van der Waals surface area contributed by atoms with Crippen LogP contribution in [0.5, 0.6) is 0 Å². The third-order valence-corrected chi connectivity index (χ3v) is 4.44. The molecule has 6 heteroatoms. The predicted molar refractivity (Wildman–Crippen MR) is 82.5 cm³/mol. The molecule has 0 unspecified atom stereocenters. The molecule has 1 saturated heterocycles. The number of hydrogen-bond donors (Lipinski definition) is 1. The number of hydroxylamine groups is 2. The Labute approximate surface area is 134 Å². The van der Waals surface area contributed by atoms with Crippen molar-refractivity contribution in [2.24, 2.45) is 5.41 Å². The van der Waals surface area contributed by atoms with Gasteiger partial charge in [-0.3, -0.25) is 4.79 Å². The van der Waals surface area contributed by atoms with Crippen LogP contribution in [0.3, 0.4) is 0 Å². The number of aliphatic hydroxyl groups is 1. The molecule has 0 aliphatic carbocycles. The summed E-state index contributed by atoms with van der Waals surface area (Å²) in [6, 6.07) is 2.87. The number of Topliss-reactive ketones (excluding diaryl/α,β-unsaturated/α-hetero) is 1. The molecule has 23 heavy (non-hydrogen) atoms. The van der Waals surface area contributed by atoms with Gasteiger partial charge in [-0.05, 0) is 38.0 Å². The second kappa shape index (κ2) is 6.76. The number of allylic oxidation sites excluding steroid dienone is 2. The molecule has 1 aromatic carbocycles. The summed E-state index contributed by atoms with van der Waals surface area (Å²) in [6.45, 7) is 4.21. The maximum atomic E-state index is 14.1. The Hall–Kier alpha value is -1.79. The maximum Gasteiger partial charge on any atom is 0.163 e. The normalized spacial score (nSPS) is 19.3. The van der Waals surface area contributed by atoms with Crippen LogP contribution in [0.25, 0.3) is 5.57 Å². The van der Waals surface area contributed by atoms with Gasteiger partial charge in [0, 0.05) is 24.1 Å². The Morgan fingerprint density at radius 1 is 1.30 bits per heavy atom. The largest absolute Gasteiger partial charge is 0.511 e. The zero-order chi connectivity index (χ0) is 17.2. The van der Waals surface area contributed by atoms with Crippen molar-refractivity contribution in [1.29, 1.82) is 0 Å². The molecule has 126 valence electrons. The fourth-order valence-corrected chi connectivity index (χ4v) is 2.87. The Bertz CT molecular complexity index is 635. The lowest BCUT2D eigenvalue weighted by atomic mass is 9.76. The van der Waals surface area contributed by atoms with Crippen molar-refractivity contribution in [1.82, 2.24) is 5.06 Å². The van der Waals surface area contributed by atoms with Gasteiger partial charge >= 0.3 is 0 Å². The van der Waals surface area contributed by atoms with Gasteiger partial charge in [-0.1, -0.05) is 6.92 Å². The fourth-order valence-electron chi connectivity index (χ4n) is 2.87. The maximum absolute atomic E-state index is 14.1. The van der Waals surface area contributed by atoms with Gasteiger partial charge in [0.2, 0.25) is 0 Å². The van der Waals surface area contributed by atoms with Crippen molar-refractivity contribution in [3.63, 3.8) is 0 Å². The summed E-state index contributed by atoms with van der Waals surface area (Å²) in [5.41, 5.74) is -1.05. The number of piperidine rings is 1. The molecule has 0 amide bonds. The minimum Gasteiger partial charge on any atom is -0.511 e. The second-order valence-corrected chi connectivity index (χ2v) is 6.08. The summed E-state index contributed by atoms with van der Waals surface area (Å²) in [6.07, 6.45) is 1.08. The molecule has 0 spiro atoms. The summed E-state index contributed by atoms with van der Waals surface area (Å²) >= 11 is 0. The van der Waals surface area contributed by atoms with E-state index in [0.717, 1.165) is 18.2 Å². The molecule has 1 aliphatic heterocycles. The summed E-state index contributed by atoms with van der Waals surface area (Å²) in [4.78, 5) is 17.2. The number of hydrogen-bond acceptors (Lipinski definition) is 4. The lowest BCUT2D eigenvalue weighted by molar-refractivity contribution is -0.156. The molecule has 0 radical (unpaired) electrons. The van der Waals surface area contributed by atoms with E-state index < -0.39 is 22.8 Å². The predicted octanol–water partition coefficient (Wildman–Crippen LogP) is 3.49. The highest BCUT2D eigenvalue weighted by Gasteiger charge is 2.37. The average molecular weight is 325 g/mol. The van der Waals surface area contributed by atoms with E-state index in [9.17, 15) is 18.7 Å². The van der Waals surface area contributed by atoms with E-state index in [-0.39, 0.29) is 16.9 Å². The highest BCUT2D eigenvalue weighted by Crippen LogP contribution is 2.41. The van der Waals surface area contributed by atoms with Gasteiger partial charge in [-0.15, -0.1) is 0 Å². The van der Waals surface area contributed by atoms with E-state index in [1.54, 1.807) is 12.2 Å². The van der Waals surface area contributed by atoms with Gasteiger partial charge in [0.25, 0.3) is 0 Å². The fraction of sp³-hybridized carbons (Fsp3) is 0.471. The molecule has 1 heterocycles. The summed E-state index contributed by atoms with van der Waals surface area (Å²) in [5.74, 6) is -2.08. The molecule has 1 fully saturated rings. The van der Waals surface area contributed by atoms with Crippen molar-refractivity contribution in [2.45, 2.75) is 26.7 Å². The zero-order valence-electron chi connectivity index (χ0n) is 13.5. The van der Waals surface area contributed by atoms with Crippen LogP contribution in [0.15, 0.2) is 24.0 Å². The SMILES string of the molecule is CON1CCC(C)(/C(O)=C(\C(C)=O)c2cc(F)ccc2F)CC1. The van der Waals surface area contributed by atoms with E-state index in [1.165, 1.54) is 6.92 Å². The van der Waals surface area contributed by atoms with Crippen LogP contribution in [0.4, 0.5) is 8.78 Å². The number of benzene rings is 1. The minimum atomic E-state index is -0.735. The molecule has 0 bridgehead atoms. The van der Waals surface area contributed by atoms with Crippen molar-refractivity contribution in [3.05, 3.63) is 41.2 Å². The van der Waals surface area contributed by atoms with Crippen LogP contribution in [-0.2, 0) is 9.63 Å². The smallest absolute Gasteiger partial charge is 0.163 e. The average Bonchev–Trinajstić information content (AvgIpc) is 2.51. The van der Waals surface area contributed by atoms with Crippen LogP contribution >= 0.6 is 0 Å². The summed E-state index contributed by atoms with van der Waals surface area (Å²) in [5, 5.41) is 12.5. The quantitative estimate of drug-likeness (QED) is 0.680. The number of carbonyl (C=O) groups excluding carboxylic acids is 1. The molecule has 0 saturated carbocycles. The van der Waals surface area contributed by atoms with E-state index in [0.29, 0.717) is 25.9 Å². The van der Waals surface area contributed by atoms with Gasteiger partial charge in [-0.2, -0.15) is 5.06 Å². The van der Waals surface area contributed by atoms with Gasteiger partial charge in [0.05, 0.1) is 12.7 Å². The number of halogens is 2. The molecule has 1 N–H and O–H groups in total. The summed E-state index contributed by atoms with van der Waals surface area (Å²) in [7, 11) is 1.57. The van der Waals surface area contributed by atoms with E-state index in [2.05, 4.69) is 0 Å². The standard InChI is InChI=1S/C17H21F2NO3/c1-11(21)15(13-10-12(18)4-5-14(13)19)16(22)17(2)6-8-20(23-3)9-7-17/h4-5,10,22H,6-9H2,1-3H3/b16-15-. The Balaban J connectivity index is 2.48. The van der Waals surface area contributed by atoms with Crippen LogP contribution in [0.2, 0.25) is 0 Å². The highest BCUT2D eigenvalue weighted by molar-refractivity contribution is 6.20. The minimum absolute atomic E-state index is 0.157. The second-order valence-electron chi connectivity index (χ2n) is 6.08. The third-order valence-electron chi connectivity index (χ3n) is 4.44. The number of rotatable bonds is 4. The number of aliphatic hydroxyl groups excluding tert-OH is 1. The molecule has 0 aromatic heterocycles. The third kappa shape index (κ3) is 3.59. The van der Waals surface area contributed by atoms with E-state index in [4.69, 9.17) is 4.84 Å². The first-order valence-electron chi connectivity index (χ1n) is 7.47. The Morgan fingerprint density at radius 3 is 2.43 bits per heavy atom. The van der Waals surface area contributed by atoms with Gasteiger partial charge in [0.1, 0.15) is 17.4 Å². The topological polar surface area (TPSA) is 49.8 Å². The first-order chi connectivity index (χ1) is 10.8. The highest BCUT2D eigenvalue weighted by atomic mass is 19.1. The monoisotopic (exact) mass is 325 g/mol. The number of ketones is 1. The van der Waals surface area contributed by atoms with Gasteiger partial charge in [0.15, 0.2) is 5.78 Å². The first-order valence-corrected chi connectivity index (χ1v) is 7.47. The van der Waals surface area contributed by atoms with Crippen molar-refractivity contribution >= 4 is 11.4 Å². The molecule has 1 aromatic rings. The van der Waals surface area contributed by atoms with Crippen LogP contribution in [-0.4, -0.2) is 36.2 Å². The van der Waals surface area contributed by atoms with Crippen LogP contribution < -0.4 is 0 Å². The Morgan fingerprint density at radius 2 is 1.91 bits per heavy atom. The van der Waals surface area contributed by atoms with Crippen LogP contribution in [0, 0.1) is 17.0 Å². The molecule has 1 aliphatic rings. The first kappa shape index (κ1) is 17.6. The lowest BCUT2D eigenvalue weighted by Gasteiger charge is -2.38. The van der Waals surface area contributed by atoms with Crippen molar-refractivity contribution in [2.75, 3.05) is 20.2 Å². The van der Waals surface area contributed by atoms with Crippen molar-refractivity contribution < 1.29 is 23.5 Å². The molecule has 4 nitrogen and oxygen atoms in total. The molecular formula is C17H21F2NO3. The number of carbonyl (C=O) groups is 1.